The van der Waals surface area contributed by atoms with Gasteiger partial charge in [-0.15, -0.1) is 24.0 Å². The van der Waals surface area contributed by atoms with Crippen molar-refractivity contribution in [3.8, 4) is 0 Å². The standard InChI is InChI=1S/C21H26ClN5O3.HI/c1-15-5-6-17(16(22)14-15)25-19(28)7-8-24-21(23-2)27-11-9-26(10-12-27)20(29)18-4-3-13-30-18;/h3-6,13-14H,7-12H2,1-2H3,(H,23,24)(H,25,28);1H. The van der Waals surface area contributed by atoms with Crippen LogP contribution < -0.4 is 10.6 Å². The van der Waals surface area contributed by atoms with Crippen LogP contribution in [-0.2, 0) is 4.79 Å². The number of piperazine rings is 1. The van der Waals surface area contributed by atoms with Gasteiger partial charge in [0.1, 0.15) is 0 Å². The lowest BCUT2D eigenvalue weighted by molar-refractivity contribution is -0.116. The van der Waals surface area contributed by atoms with Gasteiger partial charge in [0.25, 0.3) is 5.91 Å². The molecule has 1 aliphatic rings. The lowest BCUT2D eigenvalue weighted by atomic mass is 10.2. The van der Waals surface area contributed by atoms with Crippen molar-refractivity contribution in [1.29, 1.82) is 0 Å². The Morgan fingerprint density at radius 2 is 1.87 bits per heavy atom. The predicted molar refractivity (Wildman–Crippen MR) is 132 cm³/mol. The number of aryl methyl sites for hydroxylation is 1. The third-order valence-electron chi connectivity index (χ3n) is 4.84. The fraction of sp³-hybridized carbons (Fsp3) is 0.381. The van der Waals surface area contributed by atoms with E-state index in [1.54, 1.807) is 30.1 Å². The Balaban J connectivity index is 0.00000341. The van der Waals surface area contributed by atoms with Gasteiger partial charge in [0.05, 0.1) is 17.0 Å². The van der Waals surface area contributed by atoms with Gasteiger partial charge >= 0.3 is 0 Å². The molecule has 2 aromatic rings. The number of nitrogens with zero attached hydrogens (tertiary/aromatic N) is 3. The summed E-state index contributed by atoms with van der Waals surface area (Å²) < 4.78 is 5.19. The maximum Gasteiger partial charge on any atom is 0.289 e. The number of furan rings is 1. The number of anilines is 1. The first-order valence-corrected chi connectivity index (χ1v) is 10.2. The average Bonchev–Trinajstić information content (AvgIpc) is 3.28. The van der Waals surface area contributed by atoms with Crippen LogP contribution in [0.25, 0.3) is 0 Å². The number of amides is 2. The minimum Gasteiger partial charge on any atom is -0.459 e. The number of halogens is 2. The van der Waals surface area contributed by atoms with Crippen LogP contribution in [-0.4, -0.2) is 67.3 Å². The monoisotopic (exact) mass is 559 g/mol. The molecule has 1 aromatic heterocycles. The van der Waals surface area contributed by atoms with Gasteiger partial charge in [0.2, 0.25) is 5.91 Å². The summed E-state index contributed by atoms with van der Waals surface area (Å²) >= 11 is 6.16. The van der Waals surface area contributed by atoms with Gasteiger partial charge in [-0.25, -0.2) is 0 Å². The summed E-state index contributed by atoms with van der Waals surface area (Å²) in [6, 6.07) is 8.89. The molecule has 0 radical (unpaired) electrons. The van der Waals surface area contributed by atoms with E-state index in [-0.39, 0.29) is 42.2 Å². The molecule has 10 heteroatoms. The van der Waals surface area contributed by atoms with Crippen LogP contribution in [0.3, 0.4) is 0 Å². The van der Waals surface area contributed by atoms with Gasteiger partial charge in [-0.3, -0.25) is 14.6 Å². The van der Waals surface area contributed by atoms with Gasteiger partial charge in [-0.1, -0.05) is 17.7 Å². The number of carbonyl (C=O) groups is 2. The first-order valence-electron chi connectivity index (χ1n) is 9.82. The first-order chi connectivity index (χ1) is 14.5. The molecule has 1 fully saturated rings. The van der Waals surface area contributed by atoms with Crippen LogP contribution in [0.4, 0.5) is 5.69 Å². The maximum atomic E-state index is 12.4. The van der Waals surface area contributed by atoms with Gasteiger partial charge in [-0.2, -0.15) is 0 Å². The van der Waals surface area contributed by atoms with E-state index in [4.69, 9.17) is 16.0 Å². The molecule has 2 heterocycles. The third-order valence-corrected chi connectivity index (χ3v) is 5.16. The maximum absolute atomic E-state index is 12.4. The highest BCUT2D eigenvalue weighted by molar-refractivity contribution is 14.0. The van der Waals surface area contributed by atoms with Crippen LogP contribution in [0.1, 0.15) is 22.5 Å². The molecule has 1 aliphatic heterocycles. The van der Waals surface area contributed by atoms with Gasteiger partial charge < -0.3 is 24.9 Å². The molecule has 1 saturated heterocycles. The highest BCUT2D eigenvalue weighted by Gasteiger charge is 2.25. The molecule has 0 saturated carbocycles. The summed E-state index contributed by atoms with van der Waals surface area (Å²) in [5.74, 6) is 0.832. The quantitative estimate of drug-likeness (QED) is 0.334. The number of rotatable bonds is 5. The number of carbonyl (C=O) groups excluding carboxylic acids is 2. The van der Waals surface area contributed by atoms with E-state index in [9.17, 15) is 9.59 Å². The van der Waals surface area contributed by atoms with E-state index in [2.05, 4.69) is 20.5 Å². The van der Waals surface area contributed by atoms with E-state index in [1.807, 2.05) is 19.1 Å². The number of aliphatic imine (C=N–C) groups is 1. The highest BCUT2D eigenvalue weighted by Crippen LogP contribution is 2.22. The number of guanidine groups is 1. The van der Waals surface area contributed by atoms with Crippen molar-refractivity contribution < 1.29 is 14.0 Å². The molecular weight excluding hydrogens is 533 g/mol. The Morgan fingerprint density at radius 3 is 2.48 bits per heavy atom. The molecule has 31 heavy (non-hydrogen) atoms. The molecule has 2 N–H and O–H groups in total. The van der Waals surface area contributed by atoms with Gasteiger partial charge in [-0.05, 0) is 36.8 Å². The summed E-state index contributed by atoms with van der Waals surface area (Å²) in [5.41, 5.74) is 1.64. The van der Waals surface area contributed by atoms with Gasteiger partial charge in [0, 0.05) is 46.2 Å². The Bertz CT molecular complexity index is 912. The average molecular weight is 560 g/mol. The zero-order valence-electron chi connectivity index (χ0n) is 17.6. The van der Waals surface area contributed by atoms with Crippen molar-refractivity contribution >= 4 is 59.0 Å². The summed E-state index contributed by atoms with van der Waals surface area (Å²) in [7, 11) is 1.70. The van der Waals surface area contributed by atoms with Crippen molar-refractivity contribution in [2.24, 2.45) is 4.99 Å². The smallest absolute Gasteiger partial charge is 0.289 e. The van der Waals surface area contributed by atoms with Crippen molar-refractivity contribution in [3.63, 3.8) is 0 Å². The molecule has 0 spiro atoms. The van der Waals surface area contributed by atoms with Crippen molar-refractivity contribution in [3.05, 3.63) is 52.9 Å². The minimum atomic E-state index is -0.127. The third kappa shape index (κ3) is 6.86. The largest absolute Gasteiger partial charge is 0.459 e. The lowest BCUT2D eigenvalue weighted by Gasteiger charge is -2.36. The second-order valence-electron chi connectivity index (χ2n) is 7.01. The van der Waals surface area contributed by atoms with E-state index < -0.39 is 0 Å². The molecular formula is C21H27ClIN5O3. The molecule has 0 unspecified atom stereocenters. The van der Waals surface area contributed by atoms with Crippen LogP contribution >= 0.6 is 35.6 Å². The Hall–Kier alpha value is -2.27. The number of hydrogen-bond acceptors (Lipinski definition) is 4. The van der Waals surface area contributed by atoms with Crippen LogP contribution in [0.15, 0.2) is 46.0 Å². The first kappa shape index (κ1) is 25.0. The summed E-state index contributed by atoms with van der Waals surface area (Å²) in [6.07, 6.45) is 1.78. The van der Waals surface area contributed by atoms with Crippen LogP contribution in [0.5, 0.6) is 0 Å². The minimum absolute atomic E-state index is 0. The zero-order valence-corrected chi connectivity index (χ0v) is 20.6. The molecule has 1 aromatic carbocycles. The van der Waals surface area contributed by atoms with Crippen LogP contribution in [0.2, 0.25) is 5.02 Å². The predicted octanol–water partition coefficient (Wildman–Crippen LogP) is 3.22. The van der Waals surface area contributed by atoms with E-state index in [1.165, 1.54) is 6.26 Å². The Kier molecular flexibility index (Phi) is 9.63. The fourth-order valence-electron chi connectivity index (χ4n) is 3.23. The Labute approximate surface area is 204 Å². The van der Waals surface area contributed by atoms with Crippen molar-refractivity contribution in [1.82, 2.24) is 15.1 Å². The van der Waals surface area contributed by atoms with E-state index in [0.29, 0.717) is 55.2 Å². The normalized spacial score (nSPS) is 14.1. The molecule has 0 aliphatic carbocycles. The van der Waals surface area contributed by atoms with E-state index in [0.717, 1.165) is 5.56 Å². The van der Waals surface area contributed by atoms with Gasteiger partial charge in [0.15, 0.2) is 11.7 Å². The molecule has 2 amide bonds. The number of hydrogen-bond donors (Lipinski definition) is 2. The van der Waals surface area contributed by atoms with Crippen molar-refractivity contribution in [2.75, 3.05) is 45.1 Å². The van der Waals surface area contributed by atoms with Crippen molar-refractivity contribution in [2.45, 2.75) is 13.3 Å². The topological polar surface area (TPSA) is 90.2 Å². The summed E-state index contributed by atoms with van der Waals surface area (Å²) in [4.78, 5) is 32.7. The Morgan fingerprint density at radius 1 is 1.16 bits per heavy atom. The number of benzene rings is 1. The summed E-state index contributed by atoms with van der Waals surface area (Å²) in [6.45, 7) is 4.83. The van der Waals surface area contributed by atoms with E-state index >= 15 is 0 Å². The lowest BCUT2D eigenvalue weighted by Crippen LogP contribution is -2.54. The molecule has 168 valence electrons. The SMILES string of the molecule is CN=C(NCCC(=O)Nc1ccc(C)cc1Cl)N1CCN(C(=O)c2ccco2)CC1.I. The second kappa shape index (κ2) is 11.9. The second-order valence-corrected chi connectivity index (χ2v) is 7.42. The zero-order chi connectivity index (χ0) is 21.5. The molecule has 0 bridgehead atoms. The molecule has 8 nitrogen and oxygen atoms in total. The highest BCUT2D eigenvalue weighted by atomic mass is 127. The van der Waals surface area contributed by atoms with Crippen LogP contribution in [0, 0.1) is 6.92 Å². The number of nitrogens with one attached hydrogen (secondary N) is 2. The molecule has 0 atom stereocenters. The summed E-state index contributed by atoms with van der Waals surface area (Å²) in [5, 5.41) is 6.56. The fourth-order valence-corrected chi connectivity index (χ4v) is 3.51. The molecule has 3 rings (SSSR count).